The lowest BCUT2D eigenvalue weighted by Crippen LogP contribution is -2.48. The molecule has 2 aliphatic heterocycles. The number of fused-ring (bicyclic) bond motifs is 1. The SMILES string of the molecule is CC(C)[C@@H]1CN(C(=O)c2n[nH]c3c2CN(C)CC3)CCC(=O)N1CC1CC1. The number of hydrogen-bond donors (Lipinski definition) is 1. The van der Waals surface area contributed by atoms with Crippen LogP contribution >= 0.6 is 0 Å². The number of rotatable bonds is 4. The standard InChI is InChI=1S/C20H31N5O2/c1-13(2)17-12-24(9-7-18(26)25(17)10-14-4-5-14)20(27)19-15-11-23(3)8-6-16(15)21-22-19/h13-14,17H,4-12H2,1-3H3,(H,21,22)/t17-/m0/s1. The van der Waals surface area contributed by atoms with Gasteiger partial charge in [0.15, 0.2) is 5.69 Å². The molecule has 1 saturated carbocycles. The molecule has 3 heterocycles. The van der Waals surface area contributed by atoms with E-state index >= 15 is 0 Å². The van der Waals surface area contributed by atoms with E-state index in [1.165, 1.54) is 12.8 Å². The van der Waals surface area contributed by atoms with Crippen LogP contribution in [0.25, 0.3) is 0 Å². The van der Waals surface area contributed by atoms with Crippen molar-refractivity contribution in [2.24, 2.45) is 11.8 Å². The Morgan fingerprint density at radius 3 is 2.74 bits per heavy atom. The Hall–Kier alpha value is -1.89. The van der Waals surface area contributed by atoms with Crippen LogP contribution < -0.4 is 0 Å². The number of nitrogens with one attached hydrogen (secondary N) is 1. The quantitative estimate of drug-likeness (QED) is 0.868. The number of likely N-dealkylation sites (N-methyl/N-ethyl adjacent to an activating group) is 1. The van der Waals surface area contributed by atoms with Crippen molar-refractivity contribution in [3.05, 3.63) is 17.0 Å². The van der Waals surface area contributed by atoms with Gasteiger partial charge in [0.1, 0.15) is 0 Å². The summed E-state index contributed by atoms with van der Waals surface area (Å²) in [7, 11) is 2.07. The summed E-state index contributed by atoms with van der Waals surface area (Å²) in [5.74, 6) is 1.14. The van der Waals surface area contributed by atoms with Crippen molar-refractivity contribution in [2.75, 3.05) is 33.2 Å². The molecule has 0 unspecified atom stereocenters. The van der Waals surface area contributed by atoms with Crippen LogP contribution in [0.1, 0.15) is 54.9 Å². The van der Waals surface area contributed by atoms with Gasteiger partial charge in [0.2, 0.25) is 5.91 Å². The van der Waals surface area contributed by atoms with Gasteiger partial charge in [0, 0.05) is 56.8 Å². The van der Waals surface area contributed by atoms with Crippen LogP contribution in [0, 0.1) is 11.8 Å². The Balaban J connectivity index is 1.55. The summed E-state index contributed by atoms with van der Waals surface area (Å²) in [6.07, 6.45) is 3.76. The number of nitrogens with zero attached hydrogens (tertiary/aromatic N) is 4. The Bertz CT molecular complexity index is 724. The molecular weight excluding hydrogens is 342 g/mol. The number of carbonyl (C=O) groups excluding carboxylic acids is 2. The summed E-state index contributed by atoms with van der Waals surface area (Å²) >= 11 is 0. The van der Waals surface area contributed by atoms with Crippen molar-refractivity contribution >= 4 is 11.8 Å². The first-order valence-electron chi connectivity index (χ1n) is 10.3. The molecule has 7 nitrogen and oxygen atoms in total. The van der Waals surface area contributed by atoms with E-state index in [2.05, 4.69) is 40.9 Å². The minimum Gasteiger partial charge on any atom is -0.337 e. The van der Waals surface area contributed by atoms with Gasteiger partial charge in [-0.15, -0.1) is 0 Å². The molecule has 0 bridgehead atoms. The first-order valence-corrected chi connectivity index (χ1v) is 10.3. The summed E-state index contributed by atoms with van der Waals surface area (Å²) < 4.78 is 0. The second kappa shape index (κ2) is 7.26. The average Bonchev–Trinajstić information content (AvgIpc) is 3.38. The maximum atomic E-state index is 13.3. The predicted octanol–water partition coefficient (Wildman–Crippen LogP) is 1.51. The van der Waals surface area contributed by atoms with Crippen LogP contribution in [0.4, 0.5) is 0 Å². The molecule has 0 radical (unpaired) electrons. The number of H-pyrrole nitrogens is 1. The molecule has 27 heavy (non-hydrogen) atoms. The highest BCUT2D eigenvalue weighted by Gasteiger charge is 2.38. The van der Waals surface area contributed by atoms with E-state index in [9.17, 15) is 9.59 Å². The Kier molecular flexibility index (Phi) is 4.97. The monoisotopic (exact) mass is 373 g/mol. The molecule has 0 spiro atoms. The van der Waals surface area contributed by atoms with Crippen LogP contribution in [-0.4, -0.2) is 76.0 Å². The normalized spacial score (nSPS) is 24.3. The largest absolute Gasteiger partial charge is 0.337 e. The fourth-order valence-corrected chi connectivity index (χ4v) is 4.30. The van der Waals surface area contributed by atoms with Crippen molar-refractivity contribution in [3.63, 3.8) is 0 Å². The Labute approximate surface area is 161 Å². The second-order valence-electron chi connectivity index (χ2n) is 8.82. The van der Waals surface area contributed by atoms with Gasteiger partial charge in [-0.2, -0.15) is 5.10 Å². The molecule has 2 fully saturated rings. The lowest BCUT2D eigenvalue weighted by molar-refractivity contribution is -0.133. The number of aromatic nitrogens is 2. The number of hydrogen-bond acceptors (Lipinski definition) is 4. The van der Waals surface area contributed by atoms with E-state index < -0.39 is 0 Å². The zero-order chi connectivity index (χ0) is 19.1. The molecule has 7 heteroatoms. The molecular formula is C20H31N5O2. The highest BCUT2D eigenvalue weighted by molar-refractivity contribution is 5.94. The molecule has 0 aromatic carbocycles. The lowest BCUT2D eigenvalue weighted by Gasteiger charge is -2.34. The van der Waals surface area contributed by atoms with Crippen LogP contribution in [0.15, 0.2) is 0 Å². The third-order valence-electron chi connectivity index (χ3n) is 6.26. The number of aromatic amines is 1. The smallest absolute Gasteiger partial charge is 0.274 e. The van der Waals surface area contributed by atoms with E-state index in [1.54, 1.807) is 0 Å². The Morgan fingerprint density at radius 2 is 2.04 bits per heavy atom. The third kappa shape index (κ3) is 3.74. The summed E-state index contributed by atoms with van der Waals surface area (Å²) in [6, 6.07) is 0.0852. The van der Waals surface area contributed by atoms with Gasteiger partial charge in [0.05, 0.1) is 6.04 Å². The molecule has 3 aliphatic rings. The van der Waals surface area contributed by atoms with Crippen LogP contribution in [0.2, 0.25) is 0 Å². The first kappa shape index (κ1) is 18.5. The van der Waals surface area contributed by atoms with Crippen molar-refractivity contribution < 1.29 is 9.59 Å². The molecule has 1 saturated heterocycles. The minimum absolute atomic E-state index is 0.0329. The van der Waals surface area contributed by atoms with Crippen molar-refractivity contribution in [1.29, 1.82) is 0 Å². The maximum absolute atomic E-state index is 13.3. The van der Waals surface area contributed by atoms with Crippen molar-refractivity contribution in [3.8, 4) is 0 Å². The van der Waals surface area contributed by atoms with Crippen LogP contribution in [0.5, 0.6) is 0 Å². The third-order valence-corrected chi connectivity index (χ3v) is 6.26. The zero-order valence-electron chi connectivity index (χ0n) is 16.7. The summed E-state index contributed by atoms with van der Waals surface area (Å²) in [5, 5.41) is 7.43. The number of carbonyl (C=O) groups is 2. The topological polar surface area (TPSA) is 72.5 Å². The van der Waals surface area contributed by atoms with Crippen molar-refractivity contribution in [2.45, 2.75) is 52.1 Å². The minimum atomic E-state index is -0.0329. The molecule has 1 aromatic rings. The fourth-order valence-electron chi connectivity index (χ4n) is 4.30. The molecule has 1 atom stereocenters. The molecule has 1 N–H and O–H groups in total. The summed E-state index contributed by atoms with van der Waals surface area (Å²) in [5.41, 5.74) is 2.65. The predicted molar refractivity (Wildman–Crippen MR) is 102 cm³/mol. The second-order valence-corrected chi connectivity index (χ2v) is 8.82. The summed E-state index contributed by atoms with van der Waals surface area (Å²) in [4.78, 5) is 32.2. The van der Waals surface area contributed by atoms with Gasteiger partial charge >= 0.3 is 0 Å². The van der Waals surface area contributed by atoms with Gasteiger partial charge in [0.25, 0.3) is 5.91 Å². The zero-order valence-corrected chi connectivity index (χ0v) is 16.7. The molecule has 4 rings (SSSR count). The molecule has 1 aromatic heterocycles. The van der Waals surface area contributed by atoms with Gasteiger partial charge in [-0.3, -0.25) is 14.7 Å². The molecule has 2 amide bonds. The highest BCUT2D eigenvalue weighted by atomic mass is 16.2. The van der Waals surface area contributed by atoms with Crippen LogP contribution in [0.3, 0.4) is 0 Å². The van der Waals surface area contributed by atoms with E-state index in [0.717, 1.165) is 37.3 Å². The maximum Gasteiger partial charge on any atom is 0.274 e. The van der Waals surface area contributed by atoms with Gasteiger partial charge in [-0.1, -0.05) is 13.8 Å². The molecule has 148 valence electrons. The molecule has 1 aliphatic carbocycles. The van der Waals surface area contributed by atoms with Crippen LogP contribution in [-0.2, 0) is 17.8 Å². The highest BCUT2D eigenvalue weighted by Crippen LogP contribution is 2.32. The summed E-state index contributed by atoms with van der Waals surface area (Å²) in [6.45, 7) is 7.97. The first-order chi connectivity index (χ1) is 12.9. The van der Waals surface area contributed by atoms with E-state index in [4.69, 9.17) is 0 Å². The van der Waals surface area contributed by atoms with E-state index in [1.807, 2.05) is 4.90 Å². The van der Waals surface area contributed by atoms with Gasteiger partial charge in [-0.05, 0) is 31.7 Å². The number of amides is 2. The van der Waals surface area contributed by atoms with E-state index in [0.29, 0.717) is 37.0 Å². The van der Waals surface area contributed by atoms with Gasteiger partial charge in [-0.25, -0.2) is 0 Å². The fraction of sp³-hybridized carbons (Fsp3) is 0.750. The average molecular weight is 374 g/mol. The van der Waals surface area contributed by atoms with Crippen molar-refractivity contribution in [1.82, 2.24) is 24.9 Å². The Morgan fingerprint density at radius 1 is 1.26 bits per heavy atom. The van der Waals surface area contributed by atoms with Gasteiger partial charge < -0.3 is 14.7 Å². The lowest BCUT2D eigenvalue weighted by atomic mass is 10.0. The van der Waals surface area contributed by atoms with E-state index in [-0.39, 0.29) is 17.9 Å².